The molecule has 0 bridgehead atoms. The second-order valence-electron chi connectivity index (χ2n) is 7.56. The van der Waals surface area contributed by atoms with Crippen LogP contribution >= 0.6 is 0 Å². The Bertz CT molecular complexity index is 1460. The Balaban J connectivity index is 0.000000364. The molecule has 4 heterocycles. The van der Waals surface area contributed by atoms with E-state index >= 15 is 0 Å². The largest absolute Gasteiger partial charge is 0.490 e. The zero-order valence-electron chi connectivity index (χ0n) is 18.4. The Hall–Kier alpha value is -4.54. The second-order valence-corrected chi connectivity index (χ2v) is 7.56. The summed E-state index contributed by atoms with van der Waals surface area (Å²) in [5.74, 6) is -2.76. The summed E-state index contributed by atoms with van der Waals surface area (Å²) in [7, 11) is 0. The molecule has 0 unspecified atom stereocenters. The normalized spacial score (nSPS) is 11.2. The summed E-state index contributed by atoms with van der Waals surface area (Å²) in [5.41, 5.74) is 7.19. The fraction of sp³-hybridized carbons (Fsp3) is 0.125. The number of imidazole rings is 1. The van der Waals surface area contributed by atoms with E-state index < -0.39 is 12.1 Å². The molecule has 1 aromatic carbocycles. The predicted molar refractivity (Wildman–Crippen MR) is 121 cm³/mol. The van der Waals surface area contributed by atoms with Gasteiger partial charge in [0, 0.05) is 42.1 Å². The number of pyridine rings is 1. The van der Waals surface area contributed by atoms with E-state index in [2.05, 4.69) is 51.8 Å². The van der Waals surface area contributed by atoms with Gasteiger partial charge in [0.05, 0.1) is 17.9 Å². The highest BCUT2D eigenvalue weighted by molar-refractivity contribution is 5.73. The first-order valence-electron chi connectivity index (χ1n) is 10.3. The first-order valence-corrected chi connectivity index (χ1v) is 10.3. The van der Waals surface area contributed by atoms with Crippen LogP contribution in [0.25, 0.3) is 28.0 Å². The topological polar surface area (TPSA) is 98.2 Å². The lowest BCUT2D eigenvalue weighted by molar-refractivity contribution is -0.192. The third kappa shape index (κ3) is 5.69. The lowest BCUT2D eigenvalue weighted by Gasteiger charge is -2.03. The molecule has 178 valence electrons. The summed E-state index contributed by atoms with van der Waals surface area (Å²) in [4.78, 5) is 21.8. The molecule has 0 atom stereocenters. The van der Waals surface area contributed by atoms with E-state index in [-0.39, 0.29) is 0 Å². The van der Waals surface area contributed by atoms with Gasteiger partial charge >= 0.3 is 12.1 Å². The molecule has 0 radical (unpaired) electrons. The minimum absolute atomic E-state index is 0.632. The number of carboxylic acids is 1. The van der Waals surface area contributed by atoms with E-state index in [9.17, 15) is 13.2 Å². The number of aryl methyl sites for hydroxylation is 1. The maximum atomic E-state index is 10.6. The molecule has 0 saturated heterocycles. The molecule has 0 aliphatic carbocycles. The van der Waals surface area contributed by atoms with E-state index in [0.717, 1.165) is 39.3 Å². The molecule has 0 aliphatic heterocycles. The number of nitrogens with zero attached hydrogens (tertiary/aromatic N) is 6. The monoisotopic (exact) mass is 480 g/mol. The third-order valence-corrected chi connectivity index (χ3v) is 4.99. The maximum Gasteiger partial charge on any atom is 0.490 e. The highest BCUT2D eigenvalue weighted by Gasteiger charge is 2.38. The molecular formula is C24H19F3N6O2. The van der Waals surface area contributed by atoms with Crippen LogP contribution in [0.4, 0.5) is 13.2 Å². The van der Waals surface area contributed by atoms with Gasteiger partial charge in [0.25, 0.3) is 0 Å². The number of hydrogen-bond donors (Lipinski definition) is 1. The number of aliphatic carboxylic acids is 1. The average molecular weight is 480 g/mol. The van der Waals surface area contributed by atoms with Crippen molar-refractivity contribution in [3.05, 3.63) is 91.0 Å². The number of alkyl halides is 3. The lowest BCUT2D eigenvalue weighted by atomic mass is 10.0. The van der Waals surface area contributed by atoms with Crippen LogP contribution in [0.2, 0.25) is 0 Å². The summed E-state index contributed by atoms with van der Waals surface area (Å²) in [6, 6.07) is 14.4. The van der Waals surface area contributed by atoms with Crippen molar-refractivity contribution in [1.82, 2.24) is 29.1 Å². The molecule has 0 fully saturated rings. The van der Waals surface area contributed by atoms with Crippen molar-refractivity contribution < 1.29 is 23.1 Å². The fourth-order valence-electron chi connectivity index (χ4n) is 3.36. The van der Waals surface area contributed by atoms with Crippen molar-refractivity contribution in [2.75, 3.05) is 0 Å². The predicted octanol–water partition coefficient (Wildman–Crippen LogP) is 4.64. The number of halogens is 3. The third-order valence-electron chi connectivity index (χ3n) is 4.99. The van der Waals surface area contributed by atoms with Crippen LogP contribution in [0.1, 0.15) is 11.3 Å². The number of carbonyl (C=O) groups is 1. The van der Waals surface area contributed by atoms with Crippen molar-refractivity contribution in [3.8, 4) is 22.4 Å². The average Bonchev–Trinajstić information content (AvgIpc) is 3.47. The van der Waals surface area contributed by atoms with E-state index in [1.165, 1.54) is 6.33 Å². The molecular weight excluding hydrogens is 461 g/mol. The smallest absolute Gasteiger partial charge is 0.475 e. The summed E-state index contributed by atoms with van der Waals surface area (Å²) >= 11 is 0. The molecule has 0 aliphatic rings. The van der Waals surface area contributed by atoms with E-state index in [1.54, 1.807) is 0 Å². The molecule has 35 heavy (non-hydrogen) atoms. The van der Waals surface area contributed by atoms with Crippen molar-refractivity contribution in [2.24, 2.45) is 0 Å². The van der Waals surface area contributed by atoms with Gasteiger partial charge < -0.3 is 9.51 Å². The van der Waals surface area contributed by atoms with Crippen LogP contribution in [-0.2, 0) is 11.3 Å². The number of benzene rings is 1. The molecule has 0 spiro atoms. The summed E-state index contributed by atoms with van der Waals surface area (Å²) in [6.07, 6.45) is 6.15. The van der Waals surface area contributed by atoms with Gasteiger partial charge in [0.2, 0.25) is 0 Å². The number of aromatic nitrogens is 6. The molecule has 11 heteroatoms. The Morgan fingerprint density at radius 1 is 1.00 bits per heavy atom. The first-order chi connectivity index (χ1) is 16.7. The Kier molecular flexibility index (Phi) is 6.58. The van der Waals surface area contributed by atoms with Gasteiger partial charge in [-0.3, -0.25) is 4.68 Å². The van der Waals surface area contributed by atoms with Crippen LogP contribution in [0.15, 0.2) is 79.8 Å². The first kappa shape index (κ1) is 23.6. The van der Waals surface area contributed by atoms with Gasteiger partial charge in [-0.25, -0.2) is 19.7 Å². The standard InChI is InChI=1S/C22H18N6.C2HF3O2/c1-16-4-3-8-27-13-20(25-22(16)27)14-28-9-7-21(26-28)18-6-2-5-17(10-18)19-11-23-15-24-12-19;3-2(4,5)1(6)7/h2-13,15H,14H2,1H3;(H,6,7). The van der Waals surface area contributed by atoms with Crippen molar-refractivity contribution in [2.45, 2.75) is 19.6 Å². The Morgan fingerprint density at radius 3 is 2.40 bits per heavy atom. The van der Waals surface area contributed by atoms with Crippen LogP contribution in [-0.4, -0.2) is 46.4 Å². The molecule has 8 nitrogen and oxygen atoms in total. The Morgan fingerprint density at radius 2 is 1.71 bits per heavy atom. The summed E-state index contributed by atoms with van der Waals surface area (Å²) < 4.78 is 35.7. The van der Waals surface area contributed by atoms with E-state index in [4.69, 9.17) is 20.0 Å². The van der Waals surface area contributed by atoms with Crippen molar-refractivity contribution >= 4 is 11.6 Å². The maximum absolute atomic E-state index is 10.6. The van der Waals surface area contributed by atoms with Gasteiger partial charge in [0.15, 0.2) is 0 Å². The van der Waals surface area contributed by atoms with Crippen LogP contribution in [0.5, 0.6) is 0 Å². The lowest BCUT2D eigenvalue weighted by Crippen LogP contribution is -2.21. The SMILES string of the molecule is Cc1cccn2cc(Cn3ccc(-c4cccc(-c5cncnc5)c4)n3)nc12.O=C(O)C(F)(F)F. The number of hydrogen-bond acceptors (Lipinski definition) is 5. The quantitative estimate of drug-likeness (QED) is 0.402. The number of fused-ring (bicyclic) bond motifs is 1. The van der Waals surface area contributed by atoms with Gasteiger partial charge in [0.1, 0.15) is 12.0 Å². The molecule has 1 N–H and O–H groups in total. The minimum atomic E-state index is -5.08. The zero-order chi connectivity index (χ0) is 25.0. The van der Waals surface area contributed by atoms with Gasteiger partial charge in [-0.05, 0) is 36.2 Å². The molecule has 0 saturated carbocycles. The number of rotatable bonds is 4. The Labute approximate surface area is 197 Å². The zero-order valence-corrected chi connectivity index (χ0v) is 18.4. The van der Waals surface area contributed by atoms with Crippen molar-refractivity contribution in [1.29, 1.82) is 0 Å². The van der Waals surface area contributed by atoms with Gasteiger partial charge in [-0.2, -0.15) is 18.3 Å². The molecule has 0 amide bonds. The summed E-state index contributed by atoms with van der Waals surface area (Å²) in [5, 5.41) is 11.9. The van der Waals surface area contributed by atoms with E-state index in [0.29, 0.717) is 6.54 Å². The van der Waals surface area contributed by atoms with Gasteiger partial charge in [-0.1, -0.05) is 24.3 Å². The number of carboxylic acid groups (broad SMARTS) is 1. The fourth-order valence-corrected chi connectivity index (χ4v) is 3.36. The minimum Gasteiger partial charge on any atom is -0.475 e. The highest BCUT2D eigenvalue weighted by Crippen LogP contribution is 2.24. The highest BCUT2D eigenvalue weighted by atomic mass is 19.4. The summed E-state index contributed by atoms with van der Waals surface area (Å²) in [6.45, 7) is 2.70. The van der Waals surface area contributed by atoms with Crippen LogP contribution in [0.3, 0.4) is 0 Å². The molecule has 5 rings (SSSR count). The van der Waals surface area contributed by atoms with Crippen molar-refractivity contribution in [3.63, 3.8) is 0 Å². The van der Waals surface area contributed by atoms with E-state index in [1.807, 2.05) is 47.7 Å². The molecule has 4 aromatic heterocycles. The molecule has 5 aromatic rings. The van der Waals surface area contributed by atoms with Crippen LogP contribution < -0.4 is 0 Å². The van der Waals surface area contributed by atoms with Gasteiger partial charge in [-0.15, -0.1) is 0 Å². The second kappa shape index (κ2) is 9.75. The van der Waals surface area contributed by atoms with Crippen LogP contribution in [0, 0.1) is 6.92 Å².